The molecule has 1 amide bonds. The van der Waals surface area contributed by atoms with Crippen LogP contribution in [0.1, 0.15) is 23.2 Å². The summed E-state index contributed by atoms with van der Waals surface area (Å²) in [5.41, 5.74) is 0.549. The number of hydrogen-bond acceptors (Lipinski definition) is 1. The van der Waals surface area contributed by atoms with E-state index in [1.807, 2.05) is 6.07 Å². The van der Waals surface area contributed by atoms with Crippen molar-refractivity contribution in [3.05, 3.63) is 47.8 Å². The summed E-state index contributed by atoms with van der Waals surface area (Å²) in [6, 6.07) is 9.98. The van der Waals surface area contributed by atoms with Crippen molar-refractivity contribution in [3.8, 4) is 0 Å². The smallest absolute Gasteiger partial charge is 0.251 e. The zero-order chi connectivity index (χ0) is 12.5. The Morgan fingerprint density at radius 3 is 2.61 bits per heavy atom. The van der Waals surface area contributed by atoms with Crippen molar-refractivity contribution in [2.45, 2.75) is 12.8 Å². The molecule has 0 saturated heterocycles. The Hall–Kier alpha value is -1.90. The molecule has 1 aliphatic rings. The number of amides is 1. The van der Waals surface area contributed by atoms with Crippen LogP contribution in [0.4, 0.5) is 4.39 Å². The fourth-order valence-electron chi connectivity index (χ4n) is 2.11. The number of fused-ring (bicyclic) bond motifs is 1. The third-order valence-corrected chi connectivity index (χ3v) is 3.36. The fourth-order valence-corrected chi connectivity index (χ4v) is 2.11. The molecule has 3 heteroatoms. The third-order valence-electron chi connectivity index (χ3n) is 3.36. The molecular weight excluding hydrogens is 229 g/mol. The normalized spacial score (nSPS) is 14.7. The van der Waals surface area contributed by atoms with Crippen molar-refractivity contribution in [3.63, 3.8) is 0 Å². The van der Waals surface area contributed by atoms with E-state index >= 15 is 0 Å². The van der Waals surface area contributed by atoms with E-state index in [2.05, 4.69) is 5.32 Å². The first-order valence-corrected chi connectivity index (χ1v) is 6.21. The molecule has 3 rings (SSSR count). The molecule has 0 atom stereocenters. The summed E-state index contributed by atoms with van der Waals surface area (Å²) in [5, 5.41) is 4.08. The SMILES string of the molecule is O=C(NCC1CC1)c1ccc(F)c2ccccc12. The van der Waals surface area contributed by atoms with E-state index in [1.54, 1.807) is 24.3 Å². The maximum atomic E-state index is 13.6. The maximum absolute atomic E-state index is 13.6. The molecule has 1 aliphatic carbocycles. The summed E-state index contributed by atoms with van der Waals surface area (Å²) in [4.78, 5) is 12.1. The van der Waals surface area contributed by atoms with Crippen LogP contribution in [-0.2, 0) is 0 Å². The number of rotatable bonds is 3. The highest BCUT2D eigenvalue weighted by Gasteiger charge is 2.22. The zero-order valence-electron chi connectivity index (χ0n) is 9.95. The average molecular weight is 243 g/mol. The van der Waals surface area contributed by atoms with Crippen LogP contribution >= 0.6 is 0 Å². The van der Waals surface area contributed by atoms with Gasteiger partial charge in [-0.05, 0) is 36.3 Å². The predicted octanol–water partition coefficient (Wildman–Crippen LogP) is 3.12. The Kier molecular flexibility index (Phi) is 2.74. The van der Waals surface area contributed by atoms with Gasteiger partial charge in [-0.3, -0.25) is 4.79 Å². The van der Waals surface area contributed by atoms with Gasteiger partial charge in [0.1, 0.15) is 5.82 Å². The van der Waals surface area contributed by atoms with E-state index in [-0.39, 0.29) is 11.7 Å². The third kappa shape index (κ3) is 2.08. The standard InChI is InChI=1S/C15H14FNO/c16-14-8-7-13(11-3-1-2-4-12(11)14)15(18)17-9-10-5-6-10/h1-4,7-8,10H,5-6,9H2,(H,17,18). The van der Waals surface area contributed by atoms with E-state index in [0.29, 0.717) is 22.3 Å². The lowest BCUT2D eigenvalue weighted by molar-refractivity contribution is 0.0953. The molecule has 1 saturated carbocycles. The van der Waals surface area contributed by atoms with Gasteiger partial charge in [-0.15, -0.1) is 0 Å². The number of carbonyl (C=O) groups is 1. The van der Waals surface area contributed by atoms with Crippen molar-refractivity contribution >= 4 is 16.7 Å². The van der Waals surface area contributed by atoms with Crippen molar-refractivity contribution in [1.82, 2.24) is 5.32 Å². The fraction of sp³-hybridized carbons (Fsp3) is 0.267. The van der Waals surface area contributed by atoms with Gasteiger partial charge < -0.3 is 5.32 Å². The van der Waals surface area contributed by atoms with Gasteiger partial charge in [-0.1, -0.05) is 24.3 Å². The first kappa shape index (κ1) is 11.2. The van der Waals surface area contributed by atoms with Crippen LogP contribution in [0.3, 0.4) is 0 Å². The van der Waals surface area contributed by atoms with Crippen LogP contribution in [0.2, 0.25) is 0 Å². The summed E-state index contributed by atoms with van der Waals surface area (Å²) < 4.78 is 13.6. The van der Waals surface area contributed by atoms with E-state index in [4.69, 9.17) is 0 Å². The second-order valence-corrected chi connectivity index (χ2v) is 4.79. The maximum Gasteiger partial charge on any atom is 0.251 e. The van der Waals surface area contributed by atoms with Gasteiger partial charge in [-0.25, -0.2) is 4.39 Å². The van der Waals surface area contributed by atoms with Crippen LogP contribution in [-0.4, -0.2) is 12.5 Å². The molecule has 0 bridgehead atoms. The Morgan fingerprint density at radius 1 is 1.17 bits per heavy atom. The molecule has 0 radical (unpaired) electrons. The van der Waals surface area contributed by atoms with E-state index in [1.165, 1.54) is 18.9 Å². The average Bonchev–Trinajstić information content (AvgIpc) is 3.21. The highest BCUT2D eigenvalue weighted by atomic mass is 19.1. The van der Waals surface area contributed by atoms with Crippen molar-refractivity contribution in [2.24, 2.45) is 5.92 Å². The van der Waals surface area contributed by atoms with E-state index in [9.17, 15) is 9.18 Å². The molecule has 1 N–H and O–H groups in total. The number of benzene rings is 2. The Morgan fingerprint density at radius 2 is 1.89 bits per heavy atom. The lowest BCUT2D eigenvalue weighted by Gasteiger charge is -2.08. The monoisotopic (exact) mass is 243 g/mol. The second-order valence-electron chi connectivity index (χ2n) is 4.79. The van der Waals surface area contributed by atoms with Crippen LogP contribution in [0.5, 0.6) is 0 Å². The first-order chi connectivity index (χ1) is 8.75. The van der Waals surface area contributed by atoms with Crippen molar-refractivity contribution in [1.29, 1.82) is 0 Å². The number of nitrogens with one attached hydrogen (secondary N) is 1. The Bertz CT molecular complexity index is 604. The number of hydrogen-bond donors (Lipinski definition) is 1. The second kappa shape index (κ2) is 4.41. The van der Waals surface area contributed by atoms with Gasteiger partial charge >= 0.3 is 0 Å². The predicted molar refractivity (Wildman–Crippen MR) is 69.0 cm³/mol. The molecule has 18 heavy (non-hydrogen) atoms. The summed E-state index contributed by atoms with van der Waals surface area (Å²) in [6.45, 7) is 0.727. The topological polar surface area (TPSA) is 29.1 Å². The van der Waals surface area contributed by atoms with Crippen molar-refractivity contribution in [2.75, 3.05) is 6.54 Å². The van der Waals surface area contributed by atoms with Gasteiger partial charge in [0, 0.05) is 17.5 Å². The van der Waals surface area contributed by atoms with Crippen LogP contribution in [0.15, 0.2) is 36.4 Å². The molecule has 0 unspecified atom stereocenters. The summed E-state index contributed by atoms with van der Waals surface area (Å²) in [6.07, 6.45) is 2.40. The number of carbonyl (C=O) groups excluding carboxylic acids is 1. The molecule has 0 spiro atoms. The first-order valence-electron chi connectivity index (χ1n) is 6.21. The van der Waals surface area contributed by atoms with Crippen LogP contribution < -0.4 is 5.32 Å². The van der Waals surface area contributed by atoms with Gasteiger partial charge in [-0.2, -0.15) is 0 Å². The molecule has 0 heterocycles. The Balaban J connectivity index is 1.95. The Labute approximate surface area is 105 Å². The van der Waals surface area contributed by atoms with E-state index in [0.717, 1.165) is 6.54 Å². The molecule has 2 aromatic carbocycles. The van der Waals surface area contributed by atoms with E-state index < -0.39 is 0 Å². The largest absolute Gasteiger partial charge is 0.352 e. The molecule has 92 valence electrons. The minimum absolute atomic E-state index is 0.113. The van der Waals surface area contributed by atoms with Crippen LogP contribution in [0.25, 0.3) is 10.8 Å². The van der Waals surface area contributed by atoms with Gasteiger partial charge in [0.2, 0.25) is 0 Å². The highest BCUT2D eigenvalue weighted by Crippen LogP contribution is 2.28. The molecule has 0 aliphatic heterocycles. The summed E-state index contributed by atoms with van der Waals surface area (Å²) >= 11 is 0. The van der Waals surface area contributed by atoms with Gasteiger partial charge in [0.05, 0.1) is 0 Å². The quantitative estimate of drug-likeness (QED) is 0.881. The van der Waals surface area contributed by atoms with Crippen LogP contribution in [0, 0.1) is 11.7 Å². The lowest BCUT2D eigenvalue weighted by atomic mass is 10.0. The molecule has 2 nitrogen and oxygen atoms in total. The molecular formula is C15H14FNO. The van der Waals surface area contributed by atoms with Gasteiger partial charge in [0.15, 0.2) is 0 Å². The van der Waals surface area contributed by atoms with Gasteiger partial charge in [0.25, 0.3) is 5.91 Å². The highest BCUT2D eigenvalue weighted by molar-refractivity contribution is 6.07. The molecule has 0 aromatic heterocycles. The summed E-state index contributed by atoms with van der Waals surface area (Å²) in [5.74, 6) is 0.239. The minimum atomic E-state index is -0.288. The molecule has 2 aromatic rings. The summed E-state index contributed by atoms with van der Waals surface area (Å²) in [7, 11) is 0. The zero-order valence-corrected chi connectivity index (χ0v) is 9.95. The number of halogens is 1. The van der Waals surface area contributed by atoms with Crippen molar-refractivity contribution < 1.29 is 9.18 Å². The minimum Gasteiger partial charge on any atom is -0.352 e. The lowest BCUT2D eigenvalue weighted by Crippen LogP contribution is -2.25. The molecule has 1 fully saturated rings.